The van der Waals surface area contributed by atoms with Crippen LogP contribution in [0, 0.1) is 0 Å². The molecule has 0 spiro atoms. The molecule has 0 atom stereocenters. The molecular formula is C18H30N4O3. The lowest BCUT2D eigenvalue weighted by molar-refractivity contribution is 0.0491. The number of ether oxygens (including phenoxy) is 1. The number of nitrogens with zero attached hydrogens (tertiary/aromatic N) is 2. The number of nitrogens with one attached hydrogen (secondary N) is 2. The van der Waals surface area contributed by atoms with Crippen LogP contribution in [-0.2, 0) is 9.57 Å². The van der Waals surface area contributed by atoms with Gasteiger partial charge in [0.05, 0.1) is 5.69 Å². The molecule has 140 valence electrons. The van der Waals surface area contributed by atoms with Crippen LogP contribution in [0.4, 0.5) is 4.79 Å². The number of hydrogen-bond acceptors (Lipinski definition) is 5. The lowest BCUT2D eigenvalue weighted by Gasteiger charge is -2.29. The number of carbonyl (C=O) groups is 1. The van der Waals surface area contributed by atoms with E-state index in [9.17, 15) is 4.79 Å². The largest absolute Gasteiger partial charge is 0.444 e. The molecule has 0 bridgehead atoms. The maximum absolute atomic E-state index is 11.9. The minimum atomic E-state index is -0.463. The average Bonchev–Trinajstić information content (AvgIpc) is 2.99. The highest BCUT2D eigenvalue weighted by Gasteiger charge is 2.26. The Morgan fingerprint density at radius 2 is 2.12 bits per heavy atom. The number of imidazole rings is 1. The number of carbonyl (C=O) groups excluding carboxylic acids is 1. The molecule has 0 aromatic carbocycles. The molecule has 0 radical (unpaired) electrons. The van der Waals surface area contributed by atoms with Crippen molar-refractivity contribution >= 4 is 12.3 Å². The summed E-state index contributed by atoms with van der Waals surface area (Å²) >= 11 is 0. The van der Waals surface area contributed by atoms with Gasteiger partial charge >= 0.3 is 6.09 Å². The fraction of sp³-hybridized carbons (Fsp3) is 0.722. The fourth-order valence-electron chi connectivity index (χ4n) is 2.87. The Morgan fingerprint density at radius 3 is 2.76 bits per heavy atom. The van der Waals surface area contributed by atoms with Gasteiger partial charge in [-0.05, 0) is 52.9 Å². The number of aromatic nitrogens is 2. The SMILES string of the molecule is CCCO/N=C\c1nc(C2CCC(NC(=O)OC(C)(C)C)CC2)c[nH]1. The first kappa shape index (κ1) is 19.3. The van der Waals surface area contributed by atoms with Gasteiger partial charge in [0.15, 0.2) is 5.82 Å². The summed E-state index contributed by atoms with van der Waals surface area (Å²) in [4.78, 5) is 24.6. The highest BCUT2D eigenvalue weighted by atomic mass is 16.6. The van der Waals surface area contributed by atoms with Crippen LogP contribution in [-0.4, -0.2) is 40.5 Å². The Kier molecular flexibility index (Phi) is 6.84. The summed E-state index contributed by atoms with van der Waals surface area (Å²) in [6.45, 7) is 8.26. The number of amides is 1. The summed E-state index contributed by atoms with van der Waals surface area (Å²) in [5.74, 6) is 1.12. The van der Waals surface area contributed by atoms with Gasteiger partial charge < -0.3 is 19.9 Å². The summed E-state index contributed by atoms with van der Waals surface area (Å²) in [5, 5.41) is 6.85. The number of oxime groups is 1. The first-order valence-corrected chi connectivity index (χ1v) is 9.07. The zero-order chi connectivity index (χ0) is 18.3. The Labute approximate surface area is 149 Å². The van der Waals surface area contributed by atoms with Gasteiger partial charge in [-0.15, -0.1) is 0 Å². The molecule has 0 unspecified atom stereocenters. The van der Waals surface area contributed by atoms with Crippen molar-refractivity contribution in [3.8, 4) is 0 Å². The van der Waals surface area contributed by atoms with E-state index in [0.29, 0.717) is 18.3 Å². The quantitative estimate of drug-likeness (QED) is 0.465. The van der Waals surface area contributed by atoms with E-state index in [1.807, 2.05) is 33.9 Å². The number of H-pyrrole nitrogens is 1. The van der Waals surface area contributed by atoms with E-state index < -0.39 is 5.60 Å². The van der Waals surface area contributed by atoms with Crippen molar-refractivity contribution in [2.75, 3.05) is 6.61 Å². The normalized spacial score (nSPS) is 21.3. The van der Waals surface area contributed by atoms with Crippen LogP contribution in [0.1, 0.15) is 77.2 Å². The Hall–Kier alpha value is -2.05. The highest BCUT2D eigenvalue weighted by Crippen LogP contribution is 2.32. The first-order valence-electron chi connectivity index (χ1n) is 9.07. The van der Waals surface area contributed by atoms with Crippen LogP contribution in [0.25, 0.3) is 0 Å². The molecule has 1 amide bonds. The molecule has 1 fully saturated rings. The van der Waals surface area contributed by atoms with Crippen LogP contribution in [0.15, 0.2) is 11.4 Å². The number of rotatable bonds is 6. The van der Waals surface area contributed by atoms with E-state index in [2.05, 4.69) is 20.4 Å². The van der Waals surface area contributed by atoms with E-state index in [1.165, 1.54) is 0 Å². The monoisotopic (exact) mass is 350 g/mol. The van der Waals surface area contributed by atoms with Gasteiger partial charge in [0.1, 0.15) is 18.4 Å². The van der Waals surface area contributed by atoms with E-state index in [1.54, 1.807) is 6.21 Å². The summed E-state index contributed by atoms with van der Waals surface area (Å²) < 4.78 is 5.32. The van der Waals surface area contributed by atoms with E-state index in [-0.39, 0.29) is 12.1 Å². The van der Waals surface area contributed by atoms with Gasteiger partial charge in [0.2, 0.25) is 0 Å². The summed E-state index contributed by atoms with van der Waals surface area (Å²) in [6, 6.07) is 0.175. The van der Waals surface area contributed by atoms with Gasteiger partial charge in [0.25, 0.3) is 0 Å². The maximum Gasteiger partial charge on any atom is 0.407 e. The molecule has 7 heteroatoms. The smallest absolute Gasteiger partial charge is 0.407 e. The molecule has 1 aliphatic carbocycles. The van der Waals surface area contributed by atoms with Crippen LogP contribution < -0.4 is 5.32 Å². The minimum Gasteiger partial charge on any atom is -0.444 e. The molecule has 7 nitrogen and oxygen atoms in total. The van der Waals surface area contributed by atoms with Gasteiger partial charge in [0, 0.05) is 18.2 Å². The van der Waals surface area contributed by atoms with Crippen LogP contribution in [0.5, 0.6) is 0 Å². The third-order valence-corrected chi connectivity index (χ3v) is 4.03. The lowest BCUT2D eigenvalue weighted by atomic mass is 9.84. The van der Waals surface area contributed by atoms with Crippen LogP contribution >= 0.6 is 0 Å². The summed E-state index contributed by atoms with van der Waals surface area (Å²) in [5.41, 5.74) is 0.586. The lowest BCUT2D eigenvalue weighted by Crippen LogP contribution is -2.40. The molecular weight excluding hydrogens is 320 g/mol. The maximum atomic E-state index is 11.9. The van der Waals surface area contributed by atoms with Gasteiger partial charge in [-0.25, -0.2) is 9.78 Å². The summed E-state index contributed by atoms with van der Waals surface area (Å²) in [7, 11) is 0. The summed E-state index contributed by atoms with van der Waals surface area (Å²) in [6.07, 6.45) is 7.99. The van der Waals surface area contributed by atoms with Crippen molar-refractivity contribution in [2.45, 2.75) is 77.4 Å². The Balaban J connectivity index is 1.77. The highest BCUT2D eigenvalue weighted by molar-refractivity contribution is 5.73. The molecule has 25 heavy (non-hydrogen) atoms. The molecule has 1 saturated carbocycles. The third-order valence-electron chi connectivity index (χ3n) is 4.03. The van der Waals surface area contributed by atoms with Crippen molar-refractivity contribution in [1.29, 1.82) is 0 Å². The van der Waals surface area contributed by atoms with E-state index >= 15 is 0 Å². The number of hydrogen-bond donors (Lipinski definition) is 2. The van der Waals surface area contributed by atoms with E-state index in [0.717, 1.165) is 37.8 Å². The second-order valence-corrected chi connectivity index (χ2v) is 7.47. The van der Waals surface area contributed by atoms with Crippen LogP contribution in [0.2, 0.25) is 0 Å². The number of alkyl carbamates (subject to hydrolysis) is 1. The zero-order valence-corrected chi connectivity index (χ0v) is 15.7. The standard InChI is InChI=1S/C18H30N4O3/c1-5-10-24-20-12-16-19-11-15(22-16)13-6-8-14(9-7-13)21-17(23)25-18(2,3)4/h11-14H,5-10H2,1-4H3,(H,19,22)(H,21,23)/b20-12-. The van der Waals surface area contributed by atoms with Crippen molar-refractivity contribution < 1.29 is 14.4 Å². The molecule has 1 aromatic heterocycles. The molecule has 1 aliphatic rings. The number of aromatic amines is 1. The molecule has 0 aliphatic heterocycles. The predicted octanol–water partition coefficient (Wildman–Crippen LogP) is 3.72. The van der Waals surface area contributed by atoms with Crippen molar-refractivity contribution in [2.24, 2.45) is 5.16 Å². The second kappa shape index (κ2) is 8.87. The van der Waals surface area contributed by atoms with E-state index in [4.69, 9.17) is 9.57 Å². The third kappa shape index (κ3) is 6.76. The second-order valence-electron chi connectivity index (χ2n) is 7.47. The minimum absolute atomic E-state index is 0.175. The Morgan fingerprint density at radius 1 is 1.40 bits per heavy atom. The first-order chi connectivity index (χ1) is 11.9. The van der Waals surface area contributed by atoms with Gasteiger partial charge in [-0.2, -0.15) is 0 Å². The van der Waals surface area contributed by atoms with Crippen molar-refractivity contribution in [3.63, 3.8) is 0 Å². The van der Waals surface area contributed by atoms with Gasteiger partial charge in [-0.3, -0.25) is 0 Å². The van der Waals surface area contributed by atoms with Gasteiger partial charge in [-0.1, -0.05) is 12.1 Å². The zero-order valence-electron chi connectivity index (χ0n) is 15.7. The molecule has 0 saturated heterocycles. The van der Waals surface area contributed by atoms with Crippen molar-refractivity contribution in [3.05, 3.63) is 17.7 Å². The average molecular weight is 350 g/mol. The van der Waals surface area contributed by atoms with Crippen molar-refractivity contribution in [1.82, 2.24) is 15.3 Å². The topological polar surface area (TPSA) is 88.6 Å². The molecule has 2 N–H and O–H groups in total. The molecule has 1 aromatic rings. The molecule has 1 heterocycles. The van der Waals surface area contributed by atoms with Crippen LogP contribution in [0.3, 0.4) is 0 Å². The predicted molar refractivity (Wildman–Crippen MR) is 96.8 cm³/mol. The fourth-order valence-corrected chi connectivity index (χ4v) is 2.87. The molecule has 2 rings (SSSR count). The Bertz CT molecular complexity index is 569.